The van der Waals surface area contributed by atoms with Crippen molar-refractivity contribution in [1.82, 2.24) is 4.98 Å². The van der Waals surface area contributed by atoms with E-state index in [0.717, 1.165) is 0 Å². The molecular formula is C11H13INNaO5. The Hall–Kier alpha value is 0.0700. The first-order valence-electron chi connectivity index (χ1n) is 5.19. The molecule has 0 saturated heterocycles. The van der Waals surface area contributed by atoms with E-state index in [1.54, 1.807) is 0 Å². The summed E-state index contributed by atoms with van der Waals surface area (Å²) in [5, 5.41) is 30.6. The van der Waals surface area contributed by atoms with Crippen molar-refractivity contribution in [1.29, 1.82) is 0 Å². The zero-order valence-corrected chi connectivity index (χ0v) is 15.1. The molecule has 1 aromatic rings. The number of aromatic nitrogens is 1. The Morgan fingerprint density at radius 2 is 2.21 bits per heavy atom. The van der Waals surface area contributed by atoms with Crippen molar-refractivity contribution >= 4 is 28.6 Å². The van der Waals surface area contributed by atoms with Crippen molar-refractivity contribution < 1.29 is 54.4 Å². The number of hydrogen-bond donors (Lipinski definition) is 2. The second-order valence-electron chi connectivity index (χ2n) is 3.64. The second-order valence-corrected chi connectivity index (χ2v) is 4.75. The first-order valence-corrected chi connectivity index (χ1v) is 6.27. The van der Waals surface area contributed by atoms with Crippen LogP contribution in [-0.2, 0) is 17.0 Å². The number of aliphatic hydroxyl groups is 2. The van der Waals surface area contributed by atoms with Gasteiger partial charge in [-0.3, -0.25) is 0 Å². The molecular weight excluding hydrogens is 376 g/mol. The van der Waals surface area contributed by atoms with Crippen molar-refractivity contribution in [2.45, 2.75) is 25.6 Å². The number of rotatable bonds is 5. The van der Waals surface area contributed by atoms with Crippen molar-refractivity contribution in [3.63, 3.8) is 0 Å². The minimum Gasteiger partial charge on any atom is -0.547 e. The van der Waals surface area contributed by atoms with Crippen LogP contribution in [0.2, 0.25) is 0 Å². The van der Waals surface area contributed by atoms with Gasteiger partial charge in [0.05, 0.1) is 19.7 Å². The van der Waals surface area contributed by atoms with E-state index in [2.05, 4.69) is 4.98 Å². The van der Waals surface area contributed by atoms with Crippen LogP contribution in [0.4, 0.5) is 0 Å². The average Bonchev–Trinajstić information content (AvgIpc) is 2.36. The third-order valence-electron chi connectivity index (χ3n) is 2.70. The van der Waals surface area contributed by atoms with Crippen LogP contribution >= 0.6 is 22.6 Å². The Morgan fingerprint density at radius 1 is 1.63 bits per heavy atom. The summed E-state index contributed by atoms with van der Waals surface area (Å²) in [6.45, 7) is 1.02. The van der Waals surface area contributed by atoms with E-state index in [9.17, 15) is 20.1 Å². The Labute approximate surface area is 146 Å². The summed E-state index contributed by atoms with van der Waals surface area (Å²) in [7, 11) is 1.35. The van der Waals surface area contributed by atoms with E-state index in [1.165, 1.54) is 20.1 Å². The van der Waals surface area contributed by atoms with Gasteiger partial charge in [-0.15, -0.1) is 0 Å². The first-order chi connectivity index (χ1) is 8.40. The number of methoxy groups -OCH3 is 1. The second kappa shape index (κ2) is 7.75. The van der Waals surface area contributed by atoms with Crippen LogP contribution in [0, 0.1) is 3.70 Å². The number of carbonyl (C=O) groups excluding carboxylic acids is 1. The maximum absolute atomic E-state index is 11.1. The average molecular weight is 389 g/mol. The summed E-state index contributed by atoms with van der Waals surface area (Å²) >= 11 is 1.87. The molecule has 0 saturated carbocycles. The molecule has 1 rings (SSSR count). The minimum absolute atomic E-state index is 0. The molecule has 2 N–H and O–H groups in total. The summed E-state index contributed by atoms with van der Waals surface area (Å²) < 4.78 is 5.43. The molecule has 1 atom stereocenters. The van der Waals surface area contributed by atoms with Crippen molar-refractivity contribution in [2.75, 3.05) is 7.11 Å². The quantitative estimate of drug-likeness (QED) is 0.309. The van der Waals surface area contributed by atoms with Gasteiger partial charge in [-0.2, -0.15) is 0 Å². The van der Waals surface area contributed by atoms with Crippen LogP contribution in [0.1, 0.15) is 24.5 Å². The van der Waals surface area contributed by atoms with Gasteiger partial charge in [0.2, 0.25) is 5.88 Å². The minimum atomic E-state index is -2.17. The van der Waals surface area contributed by atoms with Crippen LogP contribution in [0.3, 0.4) is 0 Å². The molecule has 6 nitrogen and oxygen atoms in total. The fourth-order valence-corrected chi connectivity index (χ4v) is 2.18. The Kier molecular flexibility index (Phi) is 7.78. The van der Waals surface area contributed by atoms with Gasteiger partial charge in [-0.05, 0) is 35.1 Å². The Balaban J connectivity index is 0.00000324. The van der Waals surface area contributed by atoms with E-state index < -0.39 is 18.2 Å². The summed E-state index contributed by atoms with van der Waals surface area (Å²) in [4.78, 5) is 15.1. The molecule has 0 amide bonds. The SMILES string of the molecule is CC[C@@](O)(C(=O)[O-])c1cc(I)nc(OC)c1CO.[Na+]. The predicted molar refractivity (Wildman–Crippen MR) is 68.6 cm³/mol. The molecule has 0 radical (unpaired) electrons. The molecule has 0 unspecified atom stereocenters. The number of hydrogen-bond acceptors (Lipinski definition) is 6. The predicted octanol–water partition coefficient (Wildman–Crippen LogP) is -3.46. The number of pyridine rings is 1. The molecule has 1 heterocycles. The van der Waals surface area contributed by atoms with Gasteiger partial charge >= 0.3 is 29.6 Å². The summed E-state index contributed by atoms with van der Waals surface area (Å²) in [6.07, 6.45) is -0.0917. The molecule has 19 heavy (non-hydrogen) atoms. The van der Waals surface area contributed by atoms with Gasteiger partial charge in [0.15, 0.2) is 0 Å². The van der Waals surface area contributed by atoms with E-state index >= 15 is 0 Å². The number of ether oxygens (including phenoxy) is 1. The first kappa shape index (κ1) is 19.1. The molecule has 0 fully saturated rings. The maximum Gasteiger partial charge on any atom is 1.00 e. The molecule has 0 aliphatic heterocycles. The number of carbonyl (C=O) groups is 1. The fourth-order valence-electron chi connectivity index (χ4n) is 1.65. The number of aliphatic hydroxyl groups excluding tert-OH is 1. The monoisotopic (exact) mass is 389 g/mol. The summed E-state index contributed by atoms with van der Waals surface area (Å²) in [5.74, 6) is -1.53. The number of aliphatic carboxylic acids is 1. The van der Waals surface area contributed by atoms with Crippen LogP contribution in [0.5, 0.6) is 5.88 Å². The third kappa shape index (κ3) is 3.79. The van der Waals surface area contributed by atoms with E-state index in [4.69, 9.17) is 4.74 Å². The standard InChI is InChI=1S/C11H14INO5.Na/c1-3-11(17,10(15)16)7-4-8(12)13-9(18-2)6(7)5-14;/h4,14,17H,3,5H2,1-2H3,(H,15,16);/q;+1/p-1/t11-;/m0./s1. The van der Waals surface area contributed by atoms with Crippen LogP contribution < -0.4 is 39.4 Å². The largest absolute Gasteiger partial charge is 1.00 e. The van der Waals surface area contributed by atoms with Crippen molar-refractivity contribution in [3.05, 3.63) is 20.9 Å². The molecule has 8 heteroatoms. The van der Waals surface area contributed by atoms with E-state index in [1.807, 2.05) is 22.6 Å². The van der Waals surface area contributed by atoms with Gasteiger partial charge in [-0.25, -0.2) is 4.98 Å². The molecule has 0 spiro atoms. The van der Waals surface area contributed by atoms with Gasteiger partial charge in [-0.1, -0.05) is 6.92 Å². The van der Waals surface area contributed by atoms with E-state index in [-0.39, 0.29) is 53.0 Å². The number of halogens is 1. The summed E-state index contributed by atoms with van der Waals surface area (Å²) in [6, 6.07) is 1.40. The Bertz CT molecular complexity index is 471. The van der Waals surface area contributed by atoms with Gasteiger partial charge in [0.25, 0.3) is 0 Å². The Morgan fingerprint density at radius 3 is 2.58 bits per heavy atom. The number of nitrogens with zero attached hydrogens (tertiary/aromatic N) is 1. The number of carboxylic acid groups (broad SMARTS) is 1. The van der Waals surface area contributed by atoms with Gasteiger partial charge in [0, 0.05) is 11.1 Å². The third-order valence-corrected chi connectivity index (χ3v) is 3.25. The molecule has 100 valence electrons. The zero-order chi connectivity index (χ0) is 13.9. The van der Waals surface area contributed by atoms with Gasteiger partial charge < -0.3 is 24.9 Å². The molecule has 0 aliphatic carbocycles. The van der Waals surface area contributed by atoms with Crippen LogP contribution in [-0.4, -0.2) is 28.3 Å². The number of carboxylic acids is 1. The normalized spacial score (nSPS) is 13.3. The molecule has 0 aromatic carbocycles. The fraction of sp³-hybridized carbons (Fsp3) is 0.455. The van der Waals surface area contributed by atoms with Crippen LogP contribution in [0.15, 0.2) is 6.07 Å². The van der Waals surface area contributed by atoms with Gasteiger partial charge in [0.1, 0.15) is 9.30 Å². The topological polar surface area (TPSA) is 103 Å². The van der Waals surface area contributed by atoms with Crippen molar-refractivity contribution in [3.8, 4) is 5.88 Å². The molecule has 0 aliphatic rings. The van der Waals surface area contributed by atoms with Crippen molar-refractivity contribution in [2.24, 2.45) is 0 Å². The molecule has 1 aromatic heterocycles. The van der Waals surface area contributed by atoms with Crippen LogP contribution in [0.25, 0.3) is 0 Å². The smallest absolute Gasteiger partial charge is 0.547 e. The maximum atomic E-state index is 11.1. The van der Waals surface area contributed by atoms with E-state index in [0.29, 0.717) is 3.70 Å². The zero-order valence-electron chi connectivity index (χ0n) is 10.9. The molecule has 0 bridgehead atoms. The summed E-state index contributed by atoms with van der Waals surface area (Å²) in [5.41, 5.74) is -1.98.